The monoisotopic (exact) mass is 266 g/mol. The summed E-state index contributed by atoms with van der Waals surface area (Å²) in [5.74, 6) is -0.541. The van der Waals surface area contributed by atoms with E-state index in [0.29, 0.717) is 17.7 Å². The molecule has 0 spiro atoms. The number of aryl methyl sites for hydroxylation is 1. The highest BCUT2D eigenvalue weighted by Gasteiger charge is 2.17. The first kappa shape index (κ1) is 15.6. The molecule has 19 heavy (non-hydrogen) atoms. The maximum absolute atomic E-state index is 13.0. The smallest absolute Gasteiger partial charge is 0.251 e. The van der Waals surface area contributed by atoms with Gasteiger partial charge in [-0.3, -0.25) is 4.79 Å². The molecule has 0 heterocycles. The third-order valence-electron chi connectivity index (χ3n) is 2.83. The van der Waals surface area contributed by atoms with E-state index in [-0.39, 0.29) is 23.2 Å². The van der Waals surface area contributed by atoms with Gasteiger partial charge in [-0.15, -0.1) is 0 Å². The quantitative estimate of drug-likeness (QED) is 0.880. The molecule has 0 aliphatic carbocycles. The summed E-state index contributed by atoms with van der Waals surface area (Å²) in [6, 6.07) is 4.06. The summed E-state index contributed by atoms with van der Waals surface area (Å²) in [6.07, 6.45) is 0.829. The number of rotatable bonds is 4. The van der Waals surface area contributed by atoms with Gasteiger partial charge in [0.15, 0.2) is 0 Å². The molecule has 1 rings (SSSR count). The minimum Gasteiger partial charge on any atom is -0.350 e. The van der Waals surface area contributed by atoms with Crippen molar-refractivity contribution in [1.29, 1.82) is 0 Å². The molecule has 1 aromatic rings. The highest BCUT2D eigenvalue weighted by atomic mass is 19.1. The molecule has 1 atom stereocenters. The Morgan fingerprint density at radius 1 is 1.42 bits per heavy atom. The van der Waals surface area contributed by atoms with Crippen LogP contribution in [0.25, 0.3) is 0 Å². The highest BCUT2D eigenvalue weighted by molar-refractivity contribution is 5.95. The van der Waals surface area contributed by atoms with Crippen molar-refractivity contribution in [3.63, 3.8) is 0 Å². The third kappa shape index (κ3) is 5.39. The predicted octanol–water partition coefficient (Wildman–Crippen LogP) is 2.63. The minimum atomic E-state index is -0.335. The summed E-state index contributed by atoms with van der Waals surface area (Å²) in [6.45, 7) is 8.47. The Labute approximate surface area is 114 Å². The van der Waals surface area contributed by atoms with Crippen molar-refractivity contribution in [3.05, 3.63) is 35.1 Å². The number of amides is 1. The molecule has 0 fully saturated rings. The lowest BCUT2D eigenvalue weighted by atomic mass is 9.88. The van der Waals surface area contributed by atoms with Gasteiger partial charge in [-0.1, -0.05) is 20.8 Å². The molecule has 4 heteroatoms. The number of carbonyl (C=O) groups is 1. The Balaban J connectivity index is 2.56. The van der Waals surface area contributed by atoms with E-state index in [2.05, 4.69) is 26.1 Å². The number of hydrogen-bond donors (Lipinski definition) is 2. The van der Waals surface area contributed by atoms with Gasteiger partial charge in [0.25, 0.3) is 5.91 Å². The van der Waals surface area contributed by atoms with Crippen LogP contribution in [0.2, 0.25) is 0 Å². The molecule has 1 aromatic carbocycles. The highest BCUT2D eigenvalue weighted by Crippen LogP contribution is 2.19. The van der Waals surface area contributed by atoms with E-state index in [1.54, 1.807) is 6.92 Å². The Morgan fingerprint density at radius 3 is 2.58 bits per heavy atom. The lowest BCUT2D eigenvalue weighted by Crippen LogP contribution is -2.39. The maximum atomic E-state index is 13.0. The minimum absolute atomic E-state index is 0.0790. The summed E-state index contributed by atoms with van der Waals surface area (Å²) in [5.41, 5.74) is 7.23. The summed E-state index contributed by atoms with van der Waals surface area (Å²) < 4.78 is 13.0. The molecule has 0 saturated carbocycles. The number of hydrogen-bond acceptors (Lipinski definition) is 2. The lowest BCUT2D eigenvalue weighted by molar-refractivity contribution is 0.0948. The van der Waals surface area contributed by atoms with Crippen molar-refractivity contribution in [1.82, 2.24) is 5.32 Å². The molecule has 0 radical (unpaired) electrons. The molecule has 0 aliphatic heterocycles. The van der Waals surface area contributed by atoms with E-state index < -0.39 is 0 Å². The second-order valence-corrected chi connectivity index (χ2v) is 6.19. The SMILES string of the molecule is Cc1cc(F)ccc1C(=O)NCC(N)CC(C)(C)C. The molecule has 3 nitrogen and oxygen atoms in total. The van der Waals surface area contributed by atoms with E-state index in [9.17, 15) is 9.18 Å². The predicted molar refractivity (Wildman–Crippen MR) is 75.5 cm³/mol. The zero-order chi connectivity index (χ0) is 14.6. The summed E-state index contributed by atoms with van der Waals surface area (Å²) in [5, 5.41) is 2.80. The van der Waals surface area contributed by atoms with E-state index in [4.69, 9.17) is 5.73 Å². The van der Waals surface area contributed by atoms with Crippen molar-refractivity contribution in [2.24, 2.45) is 11.1 Å². The van der Waals surface area contributed by atoms with Crippen molar-refractivity contribution in [2.45, 2.75) is 40.2 Å². The molecule has 3 N–H and O–H groups in total. The molecular weight excluding hydrogens is 243 g/mol. The second kappa shape index (κ2) is 6.15. The number of benzene rings is 1. The van der Waals surface area contributed by atoms with Crippen LogP contribution < -0.4 is 11.1 Å². The number of halogens is 1. The summed E-state index contributed by atoms with van der Waals surface area (Å²) in [7, 11) is 0. The van der Waals surface area contributed by atoms with Gasteiger partial charge in [-0.05, 0) is 42.5 Å². The average molecular weight is 266 g/mol. The van der Waals surface area contributed by atoms with Crippen LogP contribution in [-0.4, -0.2) is 18.5 Å². The molecule has 1 unspecified atom stereocenters. The second-order valence-electron chi connectivity index (χ2n) is 6.19. The normalized spacial score (nSPS) is 13.2. The molecule has 0 aliphatic rings. The molecule has 0 aromatic heterocycles. The molecule has 0 bridgehead atoms. The summed E-state index contributed by atoms with van der Waals surface area (Å²) >= 11 is 0. The van der Waals surface area contributed by atoms with Crippen LogP contribution in [0, 0.1) is 18.2 Å². The fourth-order valence-electron chi connectivity index (χ4n) is 2.06. The fourth-order valence-corrected chi connectivity index (χ4v) is 2.06. The van der Waals surface area contributed by atoms with Crippen molar-refractivity contribution in [3.8, 4) is 0 Å². The van der Waals surface area contributed by atoms with E-state index in [1.165, 1.54) is 18.2 Å². The Bertz CT molecular complexity index is 452. The van der Waals surface area contributed by atoms with Crippen LogP contribution in [0.1, 0.15) is 43.1 Å². The van der Waals surface area contributed by atoms with Crippen molar-refractivity contribution in [2.75, 3.05) is 6.54 Å². The van der Waals surface area contributed by atoms with Gasteiger partial charge in [-0.25, -0.2) is 4.39 Å². The first-order chi connectivity index (χ1) is 8.69. The van der Waals surface area contributed by atoms with Crippen molar-refractivity contribution >= 4 is 5.91 Å². The average Bonchev–Trinajstić information content (AvgIpc) is 2.23. The standard InChI is InChI=1S/C15H23FN2O/c1-10-7-11(16)5-6-13(10)14(19)18-9-12(17)8-15(2,3)4/h5-7,12H,8-9,17H2,1-4H3,(H,18,19). The first-order valence-corrected chi connectivity index (χ1v) is 6.49. The van der Waals surface area contributed by atoms with E-state index >= 15 is 0 Å². The van der Waals surface area contributed by atoms with Crippen LogP contribution in [0.3, 0.4) is 0 Å². The van der Waals surface area contributed by atoms with Gasteiger partial charge >= 0.3 is 0 Å². The number of nitrogens with one attached hydrogen (secondary N) is 1. The molecular formula is C15H23FN2O. The van der Waals surface area contributed by atoms with E-state index in [1.807, 2.05) is 0 Å². The van der Waals surface area contributed by atoms with E-state index in [0.717, 1.165) is 6.42 Å². The molecule has 1 amide bonds. The van der Waals surface area contributed by atoms with Gasteiger partial charge in [0.05, 0.1) is 0 Å². The van der Waals surface area contributed by atoms with Gasteiger partial charge in [0, 0.05) is 18.2 Å². The Hall–Kier alpha value is -1.42. The van der Waals surface area contributed by atoms with Gasteiger partial charge in [0.2, 0.25) is 0 Å². The topological polar surface area (TPSA) is 55.1 Å². The zero-order valence-electron chi connectivity index (χ0n) is 12.1. The molecule has 106 valence electrons. The Morgan fingerprint density at radius 2 is 2.05 bits per heavy atom. The largest absolute Gasteiger partial charge is 0.350 e. The van der Waals surface area contributed by atoms with Gasteiger partial charge < -0.3 is 11.1 Å². The Kier molecular flexibility index (Phi) is 5.06. The van der Waals surface area contributed by atoms with Crippen LogP contribution in [0.5, 0.6) is 0 Å². The number of carbonyl (C=O) groups excluding carboxylic acids is 1. The molecule has 0 saturated heterocycles. The lowest BCUT2D eigenvalue weighted by Gasteiger charge is -2.23. The van der Waals surface area contributed by atoms with Gasteiger partial charge in [0.1, 0.15) is 5.82 Å². The van der Waals surface area contributed by atoms with Crippen LogP contribution >= 0.6 is 0 Å². The van der Waals surface area contributed by atoms with Gasteiger partial charge in [-0.2, -0.15) is 0 Å². The maximum Gasteiger partial charge on any atom is 0.251 e. The number of nitrogens with two attached hydrogens (primary N) is 1. The van der Waals surface area contributed by atoms with Crippen LogP contribution in [0.4, 0.5) is 4.39 Å². The summed E-state index contributed by atoms with van der Waals surface area (Å²) in [4.78, 5) is 12.0. The fraction of sp³-hybridized carbons (Fsp3) is 0.533. The van der Waals surface area contributed by atoms with Crippen LogP contribution in [-0.2, 0) is 0 Å². The first-order valence-electron chi connectivity index (χ1n) is 6.49. The van der Waals surface area contributed by atoms with Crippen LogP contribution in [0.15, 0.2) is 18.2 Å². The zero-order valence-corrected chi connectivity index (χ0v) is 12.1. The third-order valence-corrected chi connectivity index (χ3v) is 2.83. The van der Waals surface area contributed by atoms with Crippen molar-refractivity contribution < 1.29 is 9.18 Å².